The summed E-state index contributed by atoms with van der Waals surface area (Å²) < 4.78 is 7.13. The molecular formula is C15H30N6O+2. The lowest BCUT2D eigenvalue weighted by Gasteiger charge is -2.37. The minimum Gasteiger partial charge on any atom is -0.383 e. The first-order valence-corrected chi connectivity index (χ1v) is 8.65. The molecule has 2 aliphatic rings. The Kier molecular flexibility index (Phi) is 5.05. The summed E-state index contributed by atoms with van der Waals surface area (Å²) in [6, 6.07) is 1.22. The van der Waals surface area contributed by atoms with Crippen molar-refractivity contribution in [1.29, 1.82) is 0 Å². The Morgan fingerprint density at radius 3 is 2.95 bits per heavy atom. The van der Waals surface area contributed by atoms with Crippen LogP contribution in [0.4, 0.5) is 0 Å². The summed E-state index contributed by atoms with van der Waals surface area (Å²) in [7, 11) is 1.72. The zero-order valence-corrected chi connectivity index (χ0v) is 14.1. The van der Waals surface area contributed by atoms with Crippen LogP contribution in [0.1, 0.15) is 38.6 Å². The fourth-order valence-electron chi connectivity index (χ4n) is 4.30. The number of aromatic nitrogens is 4. The lowest BCUT2D eigenvalue weighted by Crippen LogP contribution is -3.29. The van der Waals surface area contributed by atoms with Crippen LogP contribution < -0.4 is 9.80 Å². The van der Waals surface area contributed by atoms with Crippen LogP contribution in [-0.2, 0) is 11.3 Å². The zero-order chi connectivity index (χ0) is 15.5. The number of nitrogens with one attached hydrogen (secondary N) is 2. The Labute approximate surface area is 132 Å². The predicted molar refractivity (Wildman–Crippen MR) is 81.7 cm³/mol. The molecule has 1 aromatic heterocycles. The lowest BCUT2D eigenvalue weighted by molar-refractivity contribution is -1.04. The molecule has 2 unspecified atom stereocenters. The summed E-state index contributed by atoms with van der Waals surface area (Å²) in [5.41, 5.74) is 0. The van der Waals surface area contributed by atoms with Gasteiger partial charge >= 0.3 is 0 Å². The van der Waals surface area contributed by atoms with Gasteiger partial charge in [-0.3, -0.25) is 0 Å². The topological polar surface area (TPSA) is 61.7 Å². The summed E-state index contributed by atoms with van der Waals surface area (Å²) in [4.78, 5) is 3.49. The Morgan fingerprint density at radius 2 is 2.18 bits per heavy atom. The standard InChI is InChI=1S/C15H28N6O/c1-12(2)14(15-16-17-18-21(15)9-10-22-3)20-8-7-19-6-4-5-13(19)11-20/h12-14H,4-11H2,1-3H3/p+2/t13-,14-/m1/s1. The van der Waals surface area contributed by atoms with Gasteiger partial charge in [-0.25, -0.2) is 4.68 Å². The maximum absolute atomic E-state index is 5.19. The number of methoxy groups -OCH3 is 1. The molecule has 0 bridgehead atoms. The van der Waals surface area contributed by atoms with E-state index in [0.29, 0.717) is 18.6 Å². The average Bonchev–Trinajstić information content (AvgIpc) is 3.13. The summed E-state index contributed by atoms with van der Waals surface area (Å²) in [5.74, 6) is 1.56. The SMILES string of the molecule is COCCn1nnnc1[C@@H](C(C)C)[NH+]1CC[NH+]2CCC[C@@H]2C1. The molecule has 0 amide bonds. The molecule has 0 spiro atoms. The molecule has 2 fully saturated rings. The number of piperazine rings is 1. The molecule has 0 radical (unpaired) electrons. The lowest BCUT2D eigenvalue weighted by atomic mass is 9.99. The van der Waals surface area contributed by atoms with Gasteiger partial charge < -0.3 is 14.5 Å². The number of tetrazole rings is 1. The van der Waals surface area contributed by atoms with Crippen molar-refractivity contribution in [3.63, 3.8) is 0 Å². The van der Waals surface area contributed by atoms with E-state index < -0.39 is 0 Å². The van der Waals surface area contributed by atoms with Crippen LogP contribution in [-0.4, -0.2) is 66.1 Å². The highest BCUT2D eigenvalue weighted by atomic mass is 16.5. The highest BCUT2D eigenvalue weighted by Crippen LogP contribution is 2.16. The first kappa shape index (κ1) is 15.8. The minimum atomic E-state index is 0.383. The molecule has 124 valence electrons. The van der Waals surface area contributed by atoms with Gasteiger partial charge in [-0.15, -0.1) is 5.10 Å². The normalized spacial score (nSPS) is 29.7. The summed E-state index contributed by atoms with van der Waals surface area (Å²) >= 11 is 0. The molecule has 2 aliphatic heterocycles. The minimum absolute atomic E-state index is 0.383. The van der Waals surface area contributed by atoms with E-state index in [1.165, 1.54) is 39.0 Å². The van der Waals surface area contributed by atoms with Crippen LogP contribution in [0.2, 0.25) is 0 Å². The van der Waals surface area contributed by atoms with Gasteiger partial charge in [0.25, 0.3) is 0 Å². The maximum Gasteiger partial charge on any atom is 0.209 e. The number of hydrogen-bond donors (Lipinski definition) is 2. The number of rotatable bonds is 6. The maximum atomic E-state index is 5.19. The van der Waals surface area contributed by atoms with Gasteiger partial charge in [0, 0.05) is 25.9 Å². The highest BCUT2D eigenvalue weighted by Gasteiger charge is 2.42. The number of quaternary nitrogens is 2. The van der Waals surface area contributed by atoms with Gasteiger partial charge in [0.15, 0.2) is 6.04 Å². The molecule has 2 N–H and O–H groups in total. The molecule has 1 aromatic rings. The van der Waals surface area contributed by atoms with Gasteiger partial charge in [-0.1, -0.05) is 13.8 Å². The van der Waals surface area contributed by atoms with Crippen LogP contribution in [0, 0.1) is 5.92 Å². The van der Waals surface area contributed by atoms with E-state index in [0.717, 1.165) is 18.4 Å². The van der Waals surface area contributed by atoms with Crippen molar-refractivity contribution in [3.8, 4) is 0 Å². The van der Waals surface area contributed by atoms with Gasteiger partial charge in [0.1, 0.15) is 25.7 Å². The molecule has 0 aliphatic carbocycles. The van der Waals surface area contributed by atoms with Gasteiger partial charge in [0.2, 0.25) is 5.82 Å². The number of nitrogens with zero attached hydrogens (tertiary/aromatic N) is 4. The highest BCUT2D eigenvalue weighted by molar-refractivity contribution is 4.89. The second kappa shape index (κ2) is 7.02. The molecule has 7 heteroatoms. The van der Waals surface area contributed by atoms with E-state index in [-0.39, 0.29) is 0 Å². The monoisotopic (exact) mass is 310 g/mol. The number of ether oxygens (including phenoxy) is 1. The zero-order valence-electron chi connectivity index (χ0n) is 14.1. The van der Waals surface area contributed by atoms with Crippen molar-refractivity contribution in [1.82, 2.24) is 20.2 Å². The molecule has 22 heavy (non-hydrogen) atoms. The Hall–Kier alpha value is -1.05. The van der Waals surface area contributed by atoms with E-state index >= 15 is 0 Å². The quantitative estimate of drug-likeness (QED) is 0.636. The molecule has 3 heterocycles. The van der Waals surface area contributed by atoms with Crippen LogP contribution in [0.5, 0.6) is 0 Å². The fraction of sp³-hybridized carbons (Fsp3) is 0.933. The number of fused-ring (bicyclic) bond motifs is 1. The van der Waals surface area contributed by atoms with E-state index in [1.807, 2.05) is 9.58 Å². The second-order valence-corrected chi connectivity index (χ2v) is 7.08. The van der Waals surface area contributed by atoms with Crippen molar-refractivity contribution in [2.75, 3.05) is 39.9 Å². The molecular weight excluding hydrogens is 280 g/mol. The van der Waals surface area contributed by atoms with Crippen molar-refractivity contribution >= 4 is 0 Å². The average molecular weight is 310 g/mol. The van der Waals surface area contributed by atoms with Gasteiger partial charge in [0.05, 0.1) is 19.7 Å². The third kappa shape index (κ3) is 3.16. The largest absolute Gasteiger partial charge is 0.383 e. The smallest absolute Gasteiger partial charge is 0.209 e. The third-order valence-corrected chi connectivity index (χ3v) is 5.36. The Morgan fingerprint density at radius 1 is 1.32 bits per heavy atom. The van der Waals surface area contributed by atoms with Crippen molar-refractivity contribution in [2.24, 2.45) is 5.92 Å². The van der Waals surface area contributed by atoms with Crippen molar-refractivity contribution in [3.05, 3.63) is 5.82 Å². The van der Waals surface area contributed by atoms with E-state index in [2.05, 4.69) is 29.4 Å². The third-order valence-electron chi connectivity index (χ3n) is 5.36. The summed E-state index contributed by atoms with van der Waals surface area (Å²) in [5, 5.41) is 12.5. The molecule has 0 saturated carbocycles. The first-order valence-electron chi connectivity index (χ1n) is 8.65. The Bertz CT molecular complexity index is 476. The number of hydrogen-bond acceptors (Lipinski definition) is 4. The van der Waals surface area contributed by atoms with Gasteiger partial charge in [-0.2, -0.15) is 0 Å². The van der Waals surface area contributed by atoms with E-state index in [4.69, 9.17) is 4.74 Å². The van der Waals surface area contributed by atoms with Crippen LogP contribution >= 0.6 is 0 Å². The molecule has 7 nitrogen and oxygen atoms in total. The van der Waals surface area contributed by atoms with E-state index in [9.17, 15) is 0 Å². The summed E-state index contributed by atoms with van der Waals surface area (Å²) in [6.45, 7) is 11.1. The second-order valence-electron chi connectivity index (χ2n) is 7.08. The first-order chi connectivity index (χ1) is 10.7. The van der Waals surface area contributed by atoms with Crippen LogP contribution in [0.3, 0.4) is 0 Å². The molecule has 4 atom stereocenters. The fourth-order valence-corrected chi connectivity index (χ4v) is 4.30. The molecule has 0 aromatic carbocycles. The summed E-state index contributed by atoms with van der Waals surface area (Å²) in [6.07, 6.45) is 2.78. The van der Waals surface area contributed by atoms with Gasteiger partial charge in [-0.05, 0) is 10.4 Å². The van der Waals surface area contributed by atoms with Crippen molar-refractivity contribution in [2.45, 2.75) is 45.3 Å². The van der Waals surface area contributed by atoms with Crippen LogP contribution in [0.15, 0.2) is 0 Å². The predicted octanol–water partition coefficient (Wildman–Crippen LogP) is -2.04. The molecule has 2 saturated heterocycles. The Balaban J connectivity index is 1.76. The van der Waals surface area contributed by atoms with Crippen LogP contribution in [0.25, 0.3) is 0 Å². The van der Waals surface area contributed by atoms with Crippen molar-refractivity contribution < 1.29 is 14.5 Å². The molecule has 3 rings (SSSR count). The van der Waals surface area contributed by atoms with E-state index in [1.54, 1.807) is 12.0 Å².